The van der Waals surface area contributed by atoms with Gasteiger partial charge in [0.2, 0.25) is 0 Å². The number of carbonyl (C=O) groups is 1. The Bertz CT molecular complexity index is 822. The van der Waals surface area contributed by atoms with Crippen molar-refractivity contribution in [1.82, 2.24) is 0 Å². The topological polar surface area (TPSA) is 62.1 Å². The van der Waals surface area contributed by atoms with Crippen molar-refractivity contribution in [2.75, 3.05) is 11.9 Å². The third-order valence-electron chi connectivity index (χ3n) is 3.02. The number of nitriles is 1. The number of anilines is 1. The van der Waals surface area contributed by atoms with E-state index < -0.39 is 5.91 Å². The lowest BCUT2D eigenvalue weighted by Gasteiger charge is -2.07. The summed E-state index contributed by atoms with van der Waals surface area (Å²) in [6.45, 7) is 3.97. The Morgan fingerprint density at radius 2 is 2.08 bits per heavy atom. The van der Waals surface area contributed by atoms with Gasteiger partial charge in [0.15, 0.2) is 0 Å². The summed E-state index contributed by atoms with van der Waals surface area (Å²) in [5.41, 5.74) is 1.10. The quantitative estimate of drug-likeness (QED) is 0.481. The van der Waals surface area contributed by atoms with E-state index in [0.717, 1.165) is 0 Å². The average molecular weight is 339 g/mol. The maximum Gasteiger partial charge on any atom is 0.266 e. The first-order valence-electron chi connectivity index (χ1n) is 7.15. The Balaban J connectivity index is 2.20. The normalized spacial score (nSPS) is 10.6. The van der Waals surface area contributed by atoms with Crippen LogP contribution < -0.4 is 10.1 Å². The number of hydrogen-bond donors (Lipinski definition) is 1. The van der Waals surface area contributed by atoms with Crippen LogP contribution in [0.4, 0.5) is 5.69 Å². The van der Waals surface area contributed by atoms with Gasteiger partial charge < -0.3 is 10.1 Å². The van der Waals surface area contributed by atoms with Crippen LogP contribution in [0.5, 0.6) is 5.75 Å². The second-order valence-corrected chi connectivity index (χ2v) is 5.18. The number of hydrogen-bond acceptors (Lipinski definition) is 3. The Labute approximate surface area is 145 Å². The molecule has 5 heteroatoms. The fourth-order valence-electron chi connectivity index (χ4n) is 1.92. The van der Waals surface area contributed by atoms with Gasteiger partial charge in [0.25, 0.3) is 5.91 Å². The van der Waals surface area contributed by atoms with Crippen LogP contribution in [0.15, 0.2) is 66.8 Å². The van der Waals surface area contributed by atoms with Crippen molar-refractivity contribution in [3.8, 4) is 11.8 Å². The van der Waals surface area contributed by atoms with Gasteiger partial charge in [-0.2, -0.15) is 5.26 Å². The van der Waals surface area contributed by atoms with Crippen LogP contribution in [0.2, 0.25) is 5.02 Å². The summed E-state index contributed by atoms with van der Waals surface area (Å²) >= 11 is 6.00. The first kappa shape index (κ1) is 17.3. The smallest absolute Gasteiger partial charge is 0.266 e. The van der Waals surface area contributed by atoms with E-state index in [2.05, 4.69) is 11.9 Å². The third-order valence-corrected chi connectivity index (χ3v) is 3.35. The van der Waals surface area contributed by atoms with Crippen LogP contribution in [-0.2, 0) is 4.79 Å². The summed E-state index contributed by atoms with van der Waals surface area (Å²) in [7, 11) is 0. The Morgan fingerprint density at radius 3 is 2.79 bits per heavy atom. The molecule has 0 saturated carbocycles. The van der Waals surface area contributed by atoms with E-state index in [4.69, 9.17) is 16.3 Å². The fraction of sp³-hybridized carbons (Fsp3) is 0.0526. The summed E-state index contributed by atoms with van der Waals surface area (Å²) in [5.74, 6) is 0.107. The zero-order valence-corrected chi connectivity index (χ0v) is 13.6. The molecule has 0 spiro atoms. The van der Waals surface area contributed by atoms with E-state index in [-0.39, 0.29) is 5.57 Å². The Hall–Kier alpha value is -3.03. The van der Waals surface area contributed by atoms with E-state index in [0.29, 0.717) is 28.6 Å². The lowest BCUT2D eigenvalue weighted by atomic mass is 10.1. The van der Waals surface area contributed by atoms with Crippen molar-refractivity contribution < 1.29 is 9.53 Å². The van der Waals surface area contributed by atoms with Gasteiger partial charge in [-0.3, -0.25) is 4.79 Å². The minimum atomic E-state index is -0.525. The summed E-state index contributed by atoms with van der Waals surface area (Å²) in [6.07, 6.45) is 3.13. The van der Waals surface area contributed by atoms with Crippen LogP contribution in [0.1, 0.15) is 5.56 Å². The molecule has 2 aromatic carbocycles. The number of para-hydroxylation sites is 1. The average Bonchev–Trinajstić information content (AvgIpc) is 2.60. The number of halogens is 1. The zero-order valence-electron chi connectivity index (χ0n) is 12.8. The number of rotatable bonds is 6. The minimum absolute atomic E-state index is 0.0317. The molecule has 1 amide bonds. The number of benzene rings is 2. The van der Waals surface area contributed by atoms with Gasteiger partial charge in [0.05, 0.1) is 10.7 Å². The molecule has 0 saturated heterocycles. The van der Waals surface area contributed by atoms with Crippen molar-refractivity contribution in [2.45, 2.75) is 0 Å². The van der Waals surface area contributed by atoms with Crippen molar-refractivity contribution >= 4 is 29.3 Å². The molecule has 0 bridgehead atoms. The highest BCUT2D eigenvalue weighted by Crippen LogP contribution is 2.22. The number of amides is 1. The predicted octanol–water partition coefficient (Wildman–Crippen LogP) is 4.45. The van der Waals surface area contributed by atoms with E-state index in [1.807, 2.05) is 6.07 Å². The van der Waals surface area contributed by atoms with Crippen LogP contribution in [0, 0.1) is 11.3 Å². The van der Waals surface area contributed by atoms with Gasteiger partial charge in [-0.05, 0) is 35.9 Å². The van der Waals surface area contributed by atoms with Gasteiger partial charge in [0, 0.05) is 0 Å². The molecule has 24 heavy (non-hydrogen) atoms. The van der Waals surface area contributed by atoms with Gasteiger partial charge in [-0.25, -0.2) is 0 Å². The minimum Gasteiger partial charge on any atom is -0.490 e. The molecule has 0 fully saturated rings. The largest absolute Gasteiger partial charge is 0.490 e. The van der Waals surface area contributed by atoms with Crippen molar-refractivity contribution in [3.05, 3.63) is 77.3 Å². The number of nitrogens with zero attached hydrogens (tertiary/aromatic N) is 1. The Kier molecular flexibility index (Phi) is 6.18. The highest BCUT2D eigenvalue weighted by Gasteiger charge is 2.11. The molecule has 0 aliphatic carbocycles. The first-order valence-corrected chi connectivity index (χ1v) is 7.53. The molecular formula is C19H15ClN2O2. The standard InChI is InChI=1S/C19H15ClN2O2/c1-2-10-24-16-7-5-6-14(12-16)11-15(13-21)19(23)22-18-9-4-3-8-17(18)20/h2-9,11-12H,1,10H2,(H,22,23)/b15-11-. The van der Waals surface area contributed by atoms with Gasteiger partial charge >= 0.3 is 0 Å². The molecule has 0 aliphatic heterocycles. The molecule has 0 aromatic heterocycles. The first-order chi connectivity index (χ1) is 11.6. The molecule has 4 nitrogen and oxygen atoms in total. The van der Waals surface area contributed by atoms with Gasteiger partial charge in [0.1, 0.15) is 24.0 Å². The van der Waals surface area contributed by atoms with Crippen LogP contribution in [0.25, 0.3) is 6.08 Å². The lowest BCUT2D eigenvalue weighted by molar-refractivity contribution is -0.112. The molecule has 0 atom stereocenters. The van der Waals surface area contributed by atoms with Crippen LogP contribution in [0.3, 0.4) is 0 Å². The molecule has 0 unspecified atom stereocenters. The van der Waals surface area contributed by atoms with Crippen molar-refractivity contribution in [2.24, 2.45) is 0 Å². The second-order valence-electron chi connectivity index (χ2n) is 4.78. The van der Waals surface area contributed by atoms with E-state index >= 15 is 0 Å². The highest BCUT2D eigenvalue weighted by atomic mass is 35.5. The maximum atomic E-state index is 12.3. The fourth-order valence-corrected chi connectivity index (χ4v) is 2.10. The number of nitrogens with one attached hydrogen (secondary N) is 1. The van der Waals surface area contributed by atoms with Gasteiger partial charge in [-0.15, -0.1) is 0 Å². The SMILES string of the molecule is C=CCOc1cccc(/C=C(/C#N)C(=O)Nc2ccccc2Cl)c1. The summed E-state index contributed by atoms with van der Waals surface area (Å²) < 4.78 is 5.43. The molecule has 120 valence electrons. The van der Waals surface area contributed by atoms with Gasteiger partial charge in [-0.1, -0.05) is 48.5 Å². The zero-order chi connectivity index (χ0) is 17.4. The molecule has 0 aliphatic rings. The molecule has 0 radical (unpaired) electrons. The second kappa shape index (κ2) is 8.56. The summed E-state index contributed by atoms with van der Waals surface area (Å²) in [5, 5.41) is 12.3. The van der Waals surface area contributed by atoms with Crippen LogP contribution in [-0.4, -0.2) is 12.5 Å². The third kappa shape index (κ3) is 4.73. The summed E-state index contributed by atoms with van der Waals surface area (Å²) in [4.78, 5) is 12.3. The molecular weight excluding hydrogens is 324 g/mol. The predicted molar refractivity (Wildman–Crippen MR) is 95.8 cm³/mol. The Morgan fingerprint density at radius 1 is 1.29 bits per heavy atom. The van der Waals surface area contributed by atoms with E-state index in [1.165, 1.54) is 6.08 Å². The maximum absolute atomic E-state index is 12.3. The molecule has 1 N–H and O–H groups in total. The van der Waals surface area contributed by atoms with Crippen molar-refractivity contribution in [3.63, 3.8) is 0 Å². The number of carbonyl (C=O) groups excluding carboxylic acids is 1. The van der Waals surface area contributed by atoms with E-state index in [9.17, 15) is 10.1 Å². The highest BCUT2D eigenvalue weighted by molar-refractivity contribution is 6.34. The van der Waals surface area contributed by atoms with Crippen LogP contribution >= 0.6 is 11.6 Å². The number of ether oxygens (including phenoxy) is 1. The van der Waals surface area contributed by atoms with Crippen molar-refractivity contribution in [1.29, 1.82) is 5.26 Å². The van der Waals surface area contributed by atoms with E-state index in [1.54, 1.807) is 54.6 Å². The monoisotopic (exact) mass is 338 g/mol. The lowest BCUT2D eigenvalue weighted by Crippen LogP contribution is -2.13. The molecule has 0 heterocycles. The molecule has 2 rings (SSSR count). The summed E-state index contributed by atoms with van der Waals surface area (Å²) in [6, 6.07) is 15.8. The molecule has 2 aromatic rings.